The van der Waals surface area contributed by atoms with Gasteiger partial charge >= 0.3 is 0 Å². The smallest absolute Gasteiger partial charge is 0.0889 e. The molecule has 6 aromatic rings. The summed E-state index contributed by atoms with van der Waals surface area (Å²) in [6, 6.07) is 35.4. The van der Waals surface area contributed by atoms with Gasteiger partial charge in [0, 0.05) is 35.6 Å². The van der Waals surface area contributed by atoms with E-state index < -0.39 is 0 Å². The summed E-state index contributed by atoms with van der Waals surface area (Å²) in [5.41, 5.74) is 12.8. The van der Waals surface area contributed by atoms with Crippen LogP contribution in [0.2, 0.25) is 0 Å². The molecule has 6 aliphatic rings. The summed E-state index contributed by atoms with van der Waals surface area (Å²) in [5, 5.41) is 2.78. The van der Waals surface area contributed by atoms with Crippen LogP contribution >= 0.6 is 0 Å². The number of rotatable bonds is 6. The van der Waals surface area contributed by atoms with Crippen molar-refractivity contribution in [2.75, 3.05) is 0 Å². The van der Waals surface area contributed by atoms with Crippen LogP contribution in [0.25, 0.3) is 33.5 Å². The lowest BCUT2D eigenvalue weighted by atomic mass is 9.44. The van der Waals surface area contributed by atoms with Gasteiger partial charge in [-0.05, 0) is 130 Å². The minimum absolute atomic E-state index is 0.282. The maximum Gasteiger partial charge on any atom is 0.0889 e. The molecule has 6 aliphatic carbocycles. The van der Waals surface area contributed by atoms with Gasteiger partial charge in [-0.2, -0.15) is 0 Å². The van der Waals surface area contributed by atoms with Gasteiger partial charge in [-0.15, -0.1) is 0 Å². The second kappa shape index (κ2) is 10.9. The molecule has 0 radical (unpaired) electrons. The molecule has 0 saturated heterocycles. The molecule has 12 rings (SSSR count). The average molecular weight is 653 g/mol. The van der Waals surface area contributed by atoms with E-state index in [2.05, 4.69) is 123 Å². The van der Waals surface area contributed by atoms with E-state index >= 15 is 0 Å². The maximum absolute atomic E-state index is 5.39. The van der Waals surface area contributed by atoms with Gasteiger partial charge in [-0.3, -0.25) is 19.9 Å². The predicted octanol–water partition coefficient (Wildman–Crippen LogP) is 10.7. The molecule has 0 N–H and O–H groups in total. The molecule has 0 spiro atoms. The van der Waals surface area contributed by atoms with Gasteiger partial charge in [0.15, 0.2) is 0 Å². The molecule has 4 aromatic heterocycles. The minimum atomic E-state index is 0.282. The summed E-state index contributed by atoms with van der Waals surface area (Å²) in [6.07, 6.45) is 8.27. The van der Waals surface area contributed by atoms with E-state index in [-0.39, 0.29) is 10.8 Å². The summed E-state index contributed by atoms with van der Waals surface area (Å²) in [4.78, 5) is 20.1. The van der Waals surface area contributed by atoms with Gasteiger partial charge in [0.1, 0.15) is 0 Å². The second-order valence-electron chi connectivity index (χ2n) is 16.8. The monoisotopic (exact) mass is 652 g/mol. The Balaban J connectivity index is 1.03. The first-order valence-electron chi connectivity index (χ1n) is 18.6. The molecule has 2 aromatic carbocycles. The van der Waals surface area contributed by atoms with Gasteiger partial charge < -0.3 is 0 Å². The zero-order valence-electron chi connectivity index (χ0n) is 29.5. The summed E-state index contributed by atoms with van der Waals surface area (Å²) >= 11 is 0. The molecule has 2 fully saturated rings. The Bertz CT molecular complexity index is 2110. The Hall–Kier alpha value is -4.70. The van der Waals surface area contributed by atoms with Crippen LogP contribution in [-0.4, -0.2) is 19.9 Å². The largest absolute Gasteiger partial charge is 0.255 e. The Labute approximate surface area is 295 Å². The highest BCUT2D eigenvalue weighted by Crippen LogP contribution is 2.68. The number of aromatic nitrogens is 4. The van der Waals surface area contributed by atoms with E-state index in [1.54, 1.807) is 0 Å². The molecule has 248 valence electrons. The molecule has 4 nitrogen and oxygen atoms in total. The highest BCUT2D eigenvalue weighted by Gasteiger charge is 2.58. The van der Waals surface area contributed by atoms with Crippen molar-refractivity contribution in [3.05, 3.63) is 143 Å². The van der Waals surface area contributed by atoms with Crippen LogP contribution in [0.4, 0.5) is 0 Å². The molecular formula is C46H44N4. The molecule has 0 unspecified atom stereocenters. The van der Waals surface area contributed by atoms with Crippen molar-refractivity contribution in [3.63, 3.8) is 0 Å². The van der Waals surface area contributed by atoms with Crippen molar-refractivity contribution in [1.29, 1.82) is 0 Å². The number of benzene rings is 2. The summed E-state index contributed by atoms with van der Waals surface area (Å²) in [6.45, 7) is 9.93. The third-order valence-corrected chi connectivity index (χ3v) is 13.9. The molecule has 0 aliphatic heterocycles. The number of fused-ring (bicyclic) bond motifs is 1. The van der Waals surface area contributed by atoms with Gasteiger partial charge in [-0.1, -0.05) is 88.4 Å². The van der Waals surface area contributed by atoms with Crippen LogP contribution in [0.5, 0.6) is 0 Å². The van der Waals surface area contributed by atoms with Crippen LogP contribution in [0.3, 0.4) is 0 Å². The van der Waals surface area contributed by atoms with Crippen molar-refractivity contribution in [3.8, 4) is 22.8 Å². The summed E-state index contributed by atoms with van der Waals surface area (Å²) in [5.74, 6) is 3.19. The number of pyridine rings is 4. The Morgan fingerprint density at radius 3 is 1.36 bits per heavy atom. The average Bonchev–Trinajstić information content (AvgIpc) is 3.15. The topological polar surface area (TPSA) is 51.6 Å². The molecule has 6 atom stereocenters. The highest BCUT2D eigenvalue weighted by atomic mass is 14.8. The van der Waals surface area contributed by atoms with Crippen LogP contribution in [0.15, 0.2) is 109 Å². The van der Waals surface area contributed by atoms with Crippen molar-refractivity contribution in [2.45, 2.75) is 77.0 Å². The fraction of sp³-hybridized carbons (Fsp3) is 0.348. The number of hydrogen-bond acceptors (Lipinski definition) is 4. The predicted molar refractivity (Wildman–Crippen MR) is 201 cm³/mol. The third-order valence-electron chi connectivity index (χ3n) is 13.9. The molecule has 50 heavy (non-hydrogen) atoms. The van der Waals surface area contributed by atoms with Crippen LogP contribution in [0.1, 0.15) is 97.8 Å². The van der Waals surface area contributed by atoms with Crippen molar-refractivity contribution < 1.29 is 0 Å². The van der Waals surface area contributed by atoms with Crippen LogP contribution < -0.4 is 0 Å². The van der Waals surface area contributed by atoms with E-state index in [0.717, 1.165) is 35.6 Å². The minimum Gasteiger partial charge on any atom is -0.255 e. The molecule has 4 heteroatoms. The first-order chi connectivity index (χ1) is 24.3. The fourth-order valence-electron chi connectivity index (χ4n) is 10.9. The molecule has 0 amide bonds. The zero-order chi connectivity index (χ0) is 33.8. The van der Waals surface area contributed by atoms with Gasteiger partial charge in [0.25, 0.3) is 0 Å². The molecule has 4 bridgehead atoms. The standard InChI is InChI=1S/C46H44N4/c1-45(2)35-25-37(45)33(43-31(35)17-19-41(49-43)39-15-5-7-21-47-39)23-27-11-9-14-30-28(12-10-13-29(27)30)24-34-38-26-36(46(38,3)4)32-18-20-42(50-44(32)34)40-16-6-8-22-48-40/h5-22,33-38H,23-26H2,1-4H3/t33-,34-,35-,36-,37+,38+/m0/s1. The molecular weight excluding hydrogens is 609 g/mol. The number of nitrogens with zero attached hydrogens (tertiary/aromatic N) is 4. The Kier molecular flexibility index (Phi) is 6.57. The van der Waals surface area contributed by atoms with E-state index in [0.29, 0.717) is 35.5 Å². The van der Waals surface area contributed by atoms with Crippen molar-refractivity contribution >= 4 is 10.8 Å². The van der Waals surface area contributed by atoms with E-state index in [9.17, 15) is 0 Å². The summed E-state index contributed by atoms with van der Waals surface area (Å²) in [7, 11) is 0. The van der Waals surface area contributed by atoms with Crippen LogP contribution in [0, 0.1) is 22.7 Å². The van der Waals surface area contributed by atoms with E-state index in [1.807, 2.05) is 24.5 Å². The van der Waals surface area contributed by atoms with Gasteiger partial charge in [0.05, 0.1) is 22.8 Å². The van der Waals surface area contributed by atoms with Crippen molar-refractivity contribution in [2.24, 2.45) is 22.7 Å². The van der Waals surface area contributed by atoms with Crippen molar-refractivity contribution in [1.82, 2.24) is 19.9 Å². The number of hydrogen-bond donors (Lipinski definition) is 0. The SMILES string of the molecule is CC1(C)[C@@H]2C[C@H]1c1ccc(-c3ccccn3)nc1[C@H]2Cc1cccc2c(C[C@@H]3c4nc(-c5ccccn5)ccc4[C@@H]4C[C@H]3C4(C)C)cccc12. The first-order valence-corrected chi connectivity index (χ1v) is 18.6. The molecule has 2 saturated carbocycles. The lowest BCUT2D eigenvalue weighted by Gasteiger charge is -2.60. The van der Waals surface area contributed by atoms with Crippen LogP contribution in [-0.2, 0) is 12.8 Å². The second-order valence-corrected chi connectivity index (χ2v) is 16.8. The highest BCUT2D eigenvalue weighted by molar-refractivity contribution is 5.89. The van der Waals surface area contributed by atoms with Gasteiger partial charge in [-0.25, -0.2) is 0 Å². The maximum atomic E-state index is 5.39. The quantitative estimate of drug-likeness (QED) is 0.180. The molecule has 4 heterocycles. The van der Waals surface area contributed by atoms with E-state index in [1.165, 1.54) is 57.3 Å². The fourth-order valence-corrected chi connectivity index (χ4v) is 10.9. The first kappa shape index (κ1) is 30.2. The Morgan fingerprint density at radius 1 is 0.500 bits per heavy atom. The Morgan fingerprint density at radius 2 is 0.960 bits per heavy atom. The normalized spacial score (nSPS) is 26.3. The third kappa shape index (κ3) is 4.36. The lowest BCUT2D eigenvalue weighted by molar-refractivity contribution is -0.00749. The lowest BCUT2D eigenvalue weighted by Crippen LogP contribution is -2.51. The zero-order valence-corrected chi connectivity index (χ0v) is 29.5. The van der Waals surface area contributed by atoms with E-state index in [4.69, 9.17) is 9.97 Å². The van der Waals surface area contributed by atoms with Gasteiger partial charge in [0.2, 0.25) is 0 Å². The summed E-state index contributed by atoms with van der Waals surface area (Å²) < 4.78 is 0.